The Bertz CT molecular complexity index is 925. The summed E-state index contributed by atoms with van der Waals surface area (Å²) in [6.07, 6.45) is 4.90. The second-order valence-electron chi connectivity index (χ2n) is 6.30. The van der Waals surface area contributed by atoms with Crippen molar-refractivity contribution in [1.82, 2.24) is 19.9 Å². The minimum absolute atomic E-state index is 0.0119. The maximum atomic E-state index is 12.7. The molecule has 2 aromatic heterocycles. The van der Waals surface area contributed by atoms with Gasteiger partial charge >= 0.3 is 0 Å². The Kier molecular flexibility index (Phi) is 4.39. The highest BCUT2D eigenvalue weighted by Crippen LogP contribution is 2.26. The maximum Gasteiger partial charge on any atom is 0.229 e. The highest BCUT2D eigenvalue weighted by Gasteiger charge is 2.28. The lowest BCUT2D eigenvalue weighted by atomic mass is 9.97. The van der Waals surface area contributed by atoms with Crippen LogP contribution in [0.15, 0.2) is 36.9 Å². The van der Waals surface area contributed by atoms with E-state index in [2.05, 4.69) is 30.2 Å². The van der Waals surface area contributed by atoms with Crippen LogP contribution in [0.4, 0.5) is 11.5 Å². The van der Waals surface area contributed by atoms with E-state index in [1.165, 1.54) is 6.33 Å². The average Bonchev–Trinajstić information content (AvgIpc) is 3.17. The largest absolute Gasteiger partial charge is 0.497 e. The third-order valence-electron chi connectivity index (χ3n) is 4.63. The van der Waals surface area contributed by atoms with Gasteiger partial charge in [-0.3, -0.25) is 4.79 Å². The van der Waals surface area contributed by atoms with Crippen molar-refractivity contribution in [2.24, 2.45) is 5.92 Å². The zero-order valence-corrected chi connectivity index (χ0v) is 14.5. The molecular weight excluding hydrogens is 332 g/mol. The number of carbonyl (C=O) groups excluding carboxylic acids is 1. The minimum Gasteiger partial charge on any atom is -0.497 e. The van der Waals surface area contributed by atoms with Gasteiger partial charge in [0.1, 0.15) is 17.6 Å². The molecule has 8 nitrogen and oxygen atoms in total. The van der Waals surface area contributed by atoms with Crippen molar-refractivity contribution < 1.29 is 9.53 Å². The first-order valence-corrected chi connectivity index (χ1v) is 8.58. The van der Waals surface area contributed by atoms with Crippen LogP contribution in [-0.2, 0) is 4.79 Å². The molecule has 0 bridgehead atoms. The standard InChI is InChI=1S/C18H20N6O2/c1-26-14-6-2-5-13(8-14)23-18(25)12-4-3-7-24(9-12)17-15-16(20-10-19-15)21-11-22-17/h2,5-6,8,10-12H,3-4,7,9H2,1H3,(H,23,25)(H,19,20,21,22). The van der Waals surface area contributed by atoms with Crippen molar-refractivity contribution in [3.05, 3.63) is 36.9 Å². The lowest BCUT2D eigenvalue weighted by Crippen LogP contribution is -2.41. The van der Waals surface area contributed by atoms with E-state index in [4.69, 9.17) is 4.74 Å². The van der Waals surface area contributed by atoms with E-state index in [1.807, 2.05) is 24.3 Å². The smallest absolute Gasteiger partial charge is 0.229 e. The predicted octanol–water partition coefficient (Wildman–Crippen LogP) is 2.22. The lowest BCUT2D eigenvalue weighted by molar-refractivity contribution is -0.120. The van der Waals surface area contributed by atoms with Gasteiger partial charge in [0.05, 0.1) is 19.4 Å². The first-order chi connectivity index (χ1) is 12.7. The van der Waals surface area contributed by atoms with Gasteiger partial charge in [0.2, 0.25) is 5.91 Å². The second kappa shape index (κ2) is 6.99. The highest BCUT2D eigenvalue weighted by molar-refractivity contribution is 5.93. The first kappa shape index (κ1) is 16.3. The van der Waals surface area contributed by atoms with Crippen LogP contribution in [-0.4, -0.2) is 46.0 Å². The van der Waals surface area contributed by atoms with E-state index in [1.54, 1.807) is 13.4 Å². The van der Waals surface area contributed by atoms with Crippen LogP contribution in [0.5, 0.6) is 5.75 Å². The van der Waals surface area contributed by atoms with Gasteiger partial charge in [0.15, 0.2) is 11.5 Å². The number of carbonyl (C=O) groups is 1. The van der Waals surface area contributed by atoms with E-state index in [0.717, 1.165) is 42.2 Å². The zero-order chi connectivity index (χ0) is 17.9. The Morgan fingerprint density at radius 3 is 3.15 bits per heavy atom. The monoisotopic (exact) mass is 352 g/mol. The highest BCUT2D eigenvalue weighted by atomic mass is 16.5. The summed E-state index contributed by atoms with van der Waals surface area (Å²) in [4.78, 5) is 30.7. The fraction of sp³-hybridized carbons (Fsp3) is 0.333. The number of aromatic nitrogens is 4. The molecule has 26 heavy (non-hydrogen) atoms. The summed E-state index contributed by atoms with van der Waals surface area (Å²) < 4.78 is 5.21. The molecule has 3 heterocycles. The molecule has 0 spiro atoms. The lowest BCUT2D eigenvalue weighted by Gasteiger charge is -2.32. The number of nitrogens with one attached hydrogen (secondary N) is 2. The number of imidazole rings is 1. The third-order valence-corrected chi connectivity index (χ3v) is 4.63. The van der Waals surface area contributed by atoms with E-state index in [0.29, 0.717) is 12.2 Å². The Balaban J connectivity index is 1.49. The second-order valence-corrected chi connectivity index (χ2v) is 6.30. The molecule has 3 aromatic rings. The van der Waals surface area contributed by atoms with Crippen molar-refractivity contribution in [2.45, 2.75) is 12.8 Å². The topological polar surface area (TPSA) is 96.0 Å². The van der Waals surface area contributed by atoms with Gasteiger partial charge in [0.25, 0.3) is 0 Å². The molecule has 0 saturated carbocycles. The van der Waals surface area contributed by atoms with E-state index in [-0.39, 0.29) is 11.8 Å². The summed E-state index contributed by atoms with van der Waals surface area (Å²) in [6, 6.07) is 7.39. The molecule has 1 saturated heterocycles. The summed E-state index contributed by atoms with van der Waals surface area (Å²) in [7, 11) is 1.61. The number of benzene rings is 1. The molecule has 1 atom stereocenters. The molecule has 0 aliphatic carbocycles. The number of piperidine rings is 1. The number of aromatic amines is 1. The zero-order valence-electron chi connectivity index (χ0n) is 14.5. The van der Waals surface area contributed by atoms with Gasteiger partial charge in [-0.25, -0.2) is 15.0 Å². The molecule has 8 heteroatoms. The van der Waals surface area contributed by atoms with Crippen LogP contribution in [0.25, 0.3) is 11.2 Å². The molecule has 1 aliphatic rings. The van der Waals surface area contributed by atoms with Crippen LogP contribution in [0.1, 0.15) is 12.8 Å². The number of anilines is 2. The Morgan fingerprint density at radius 2 is 2.27 bits per heavy atom. The number of methoxy groups -OCH3 is 1. The molecule has 4 rings (SSSR count). The van der Waals surface area contributed by atoms with Crippen molar-refractivity contribution in [1.29, 1.82) is 0 Å². The first-order valence-electron chi connectivity index (χ1n) is 8.58. The third kappa shape index (κ3) is 3.17. The van der Waals surface area contributed by atoms with Crippen molar-refractivity contribution in [3.63, 3.8) is 0 Å². The number of nitrogens with zero attached hydrogens (tertiary/aromatic N) is 4. The van der Waals surface area contributed by atoms with Gasteiger partial charge in [-0.2, -0.15) is 0 Å². The molecule has 1 unspecified atom stereocenters. The summed E-state index contributed by atoms with van der Waals surface area (Å²) >= 11 is 0. The Labute approximate surface area is 150 Å². The molecule has 0 radical (unpaired) electrons. The fourth-order valence-electron chi connectivity index (χ4n) is 3.32. The summed E-state index contributed by atoms with van der Waals surface area (Å²) in [5.41, 5.74) is 2.18. The minimum atomic E-state index is -0.108. The SMILES string of the molecule is COc1cccc(NC(=O)C2CCCN(c3ncnc4nc[nH]c34)C2)c1. The van der Waals surface area contributed by atoms with Crippen LogP contribution in [0.3, 0.4) is 0 Å². The van der Waals surface area contributed by atoms with Gasteiger partial charge in [-0.15, -0.1) is 0 Å². The predicted molar refractivity (Wildman–Crippen MR) is 98.2 cm³/mol. The summed E-state index contributed by atoms with van der Waals surface area (Å²) in [5.74, 6) is 1.42. The van der Waals surface area contributed by atoms with Crippen molar-refractivity contribution in [3.8, 4) is 5.75 Å². The van der Waals surface area contributed by atoms with Gasteiger partial charge in [0, 0.05) is 24.8 Å². The number of rotatable bonds is 4. The van der Waals surface area contributed by atoms with Crippen molar-refractivity contribution in [2.75, 3.05) is 30.4 Å². The Morgan fingerprint density at radius 1 is 1.35 bits per heavy atom. The number of hydrogen-bond acceptors (Lipinski definition) is 6. The van der Waals surface area contributed by atoms with E-state index < -0.39 is 0 Å². The Hall–Kier alpha value is -3.16. The molecular formula is C18H20N6O2. The van der Waals surface area contributed by atoms with Gasteiger partial charge in [-0.05, 0) is 25.0 Å². The van der Waals surface area contributed by atoms with Crippen LogP contribution < -0.4 is 15.0 Å². The van der Waals surface area contributed by atoms with Crippen LogP contribution in [0.2, 0.25) is 0 Å². The van der Waals surface area contributed by atoms with Gasteiger partial charge < -0.3 is 19.9 Å². The number of H-pyrrole nitrogens is 1. The average molecular weight is 352 g/mol. The normalized spacial score (nSPS) is 17.3. The quantitative estimate of drug-likeness (QED) is 0.747. The van der Waals surface area contributed by atoms with E-state index >= 15 is 0 Å². The van der Waals surface area contributed by atoms with Crippen LogP contribution >= 0.6 is 0 Å². The molecule has 134 valence electrons. The molecule has 1 fully saturated rings. The number of hydrogen-bond donors (Lipinski definition) is 2. The fourth-order valence-corrected chi connectivity index (χ4v) is 3.32. The number of amides is 1. The van der Waals surface area contributed by atoms with Crippen molar-refractivity contribution >= 4 is 28.6 Å². The molecule has 1 amide bonds. The number of fused-ring (bicyclic) bond motifs is 1. The number of ether oxygens (including phenoxy) is 1. The van der Waals surface area contributed by atoms with Crippen LogP contribution in [0, 0.1) is 5.92 Å². The molecule has 1 aromatic carbocycles. The van der Waals surface area contributed by atoms with E-state index in [9.17, 15) is 4.79 Å². The maximum absolute atomic E-state index is 12.7. The summed E-state index contributed by atoms with van der Waals surface area (Å²) in [6.45, 7) is 1.47. The molecule has 1 aliphatic heterocycles. The molecule has 2 N–H and O–H groups in total. The summed E-state index contributed by atoms with van der Waals surface area (Å²) in [5, 5.41) is 2.99. The van der Waals surface area contributed by atoms with Gasteiger partial charge in [-0.1, -0.05) is 6.07 Å².